The van der Waals surface area contributed by atoms with E-state index in [9.17, 15) is 19.5 Å². The Bertz CT molecular complexity index is 433. The van der Waals surface area contributed by atoms with Crippen LogP contribution in [0.15, 0.2) is 0 Å². The second-order valence-corrected chi connectivity index (χ2v) is 6.62. The number of amides is 2. The molecule has 0 aromatic rings. The van der Waals surface area contributed by atoms with Crippen LogP contribution in [0.4, 0.5) is 0 Å². The Morgan fingerprint density at radius 1 is 1.24 bits per heavy atom. The Hall–Kier alpha value is -1.59. The van der Waals surface area contributed by atoms with Crippen LogP contribution in [0.2, 0.25) is 0 Å². The molecule has 0 radical (unpaired) electrons. The lowest BCUT2D eigenvalue weighted by molar-refractivity contribution is -0.150. The van der Waals surface area contributed by atoms with E-state index in [0.717, 1.165) is 0 Å². The van der Waals surface area contributed by atoms with E-state index in [2.05, 4.69) is 10.6 Å². The highest BCUT2D eigenvalue weighted by Crippen LogP contribution is 2.45. The number of nitrogens with one attached hydrogen (secondary N) is 2. The predicted octanol–water partition coefficient (Wildman–Crippen LogP) is 1.15. The van der Waals surface area contributed by atoms with Crippen molar-refractivity contribution in [2.45, 2.75) is 59.5 Å². The summed E-state index contributed by atoms with van der Waals surface area (Å²) in [6, 6.07) is -0.658. The van der Waals surface area contributed by atoms with Gasteiger partial charge in [-0.2, -0.15) is 0 Å². The SMILES string of the molecule is CC(=O)NC(C)C(=O)NC1CCC(C(=O)O)C(C)(C)C1C. The van der Waals surface area contributed by atoms with Crippen LogP contribution in [0.3, 0.4) is 0 Å². The van der Waals surface area contributed by atoms with Crippen LogP contribution in [0.5, 0.6) is 0 Å². The van der Waals surface area contributed by atoms with E-state index >= 15 is 0 Å². The minimum absolute atomic E-state index is 0.0424. The van der Waals surface area contributed by atoms with Crippen LogP contribution in [-0.4, -0.2) is 35.0 Å². The Morgan fingerprint density at radius 3 is 2.29 bits per heavy atom. The maximum absolute atomic E-state index is 12.1. The standard InChI is InChI=1S/C15H26N2O4/c1-8-12(17-13(19)9(2)16-10(3)18)7-6-11(14(20)21)15(8,4)5/h8-9,11-12H,6-7H2,1-5H3,(H,16,18)(H,17,19)(H,20,21). The van der Waals surface area contributed by atoms with Crippen molar-refractivity contribution in [3.63, 3.8) is 0 Å². The molecular weight excluding hydrogens is 272 g/mol. The number of rotatable bonds is 4. The zero-order valence-electron chi connectivity index (χ0n) is 13.4. The molecule has 1 aliphatic rings. The lowest BCUT2D eigenvalue weighted by Crippen LogP contribution is -2.55. The first kappa shape index (κ1) is 17.5. The summed E-state index contributed by atoms with van der Waals surface area (Å²) in [5.41, 5.74) is -0.390. The first-order valence-electron chi connectivity index (χ1n) is 7.37. The molecule has 3 N–H and O–H groups in total. The summed E-state index contributed by atoms with van der Waals surface area (Å²) in [4.78, 5) is 34.4. The van der Waals surface area contributed by atoms with Gasteiger partial charge >= 0.3 is 5.97 Å². The molecule has 1 rings (SSSR count). The summed E-state index contributed by atoms with van der Waals surface area (Å²) in [7, 11) is 0. The van der Waals surface area contributed by atoms with E-state index in [1.165, 1.54) is 6.92 Å². The van der Waals surface area contributed by atoms with Crippen molar-refractivity contribution in [1.82, 2.24) is 10.6 Å². The van der Waals surface area contributed by atoms with Gasteiger partial charge < -0.3 is 15.7 Å². The van der Waals surface area contributed by atoms with E-state index in [1.54, 1.807) is 6.92 Å². The van der Waals surface area contributed by atoms with Gasteiger partial charge in [0.2, 0.25) is 11.8 Å². The fraction of sp³-hybridized carbons (Fsp3) is 0.800. The summed E-state index contributed by atoms with van der Waals surface area (Å²) in [5, 5.41) is 14.8. The Kier molecular flexibility index (Phi) is 5.36. The zero-order chi connectivity index (χ0) is 16.4. The van der Waals surface area contributed by atoms with E-state index in [1.807, 2.05) is 20.8 Å². The minimum atomic E-state index is -0.775. The van der Waals surface area contributed by atoms with Crippen molar-refractivity contribution in [3.8, 4) is 0 Å². The molecule has 4 unspecified atom stereocenters. The molecule has 1 aliphatic carbocycles. The van der Waals surface area contributed by atoms with Gasteiger partial charge in [0.1, 0.15) is 6.04 Å². The lowest BCUT2D eigenvalue weighted by Gasteiger charge is -2.46. The van der Waals surface area contributed by atoms with Gasteiger partial charge in [-0.3, -0.25) is 14.4 Å². The van der Waals surface area contributed by atoms with Gasteiger partial charge in [-0.25, -0.2) is 0 Å². The first-order valence-corrected chi connectivity index (χ1v) is 7.37. The number of carboxylic acids is 1. The van der Waals surface area contributed by atoms with Crippen molar-refractivity contribution >= 4 is 17.8 Å². The van der Waals surface area contributed by atoms with E-state index in [4.69, 9.17) is 0 Å². The van der Waals surface area contributed by atoms with Gasteiger partial charge in [-0.1, -0.05) is 20.8 Å². The van der Waals surface area contributed by atoms with Gasteiger partial charge in [0.15, 0.2) is 0 Å². The fourth-order valence-corrected chi connectivity index (χ4v) is 3.12. The summed E-state index contributed by atoms with van der Waals surface area (Å²) in [5.74, 6) is -1.61. The second-order valence-electron chi connectivity index (χ2n) is 6.62. The molecule has 0 saturated heterocycles. The third-order valence-electron chi connectivity index (χ3n) is 4.88. The quantitative estimate of drug-likeness (QED) is 0.725. The highest BCUT2D eigenvalue weighted by molar-refractivity contribution is 5.86. The maximum Gasteiger partial charge on any atom is 0.307 e. The number of carboxylic acid groups (broad SMARTS) is 1. The van der Waals surface area contributed by atoms with Crippen LogP contribution >= 0.6 is 0 Å². The zero-order valence-corrected chi connectivity index (χ0v) is 13.4. The number of hydrogen-bond acceptors (Lipinski definition) is 3. The van der Waals surface area contributed by atoms with Gasteiger partial charge in [-0.15, -0.1) is 0 Å². The van der Waals surface area contributed by atoms with Gasteiger partial charge in [0.05, 0.1) is 5.92 Å². The van der Waals surface area contributed by atoms with Gasteiger partial charge in [-0.05, 0) is 31.1 Å². The summed E-state index contributed by atoms with van der Waals surface area (Å²) in [6.07, 6.45) is 1.19. The molecule has 21 heavy (non-hydrogen) atoms. The lowest BCUT2D eigenvalue weighted by atomic mass is 9.61. The van der Waals surface area contributed by atoms with Crippen LogP contribution < -0.4 is 10.6 Å². The van der Waals surface area contributed by atoms with Crippen molar-refractivity contribution in [3.05, 3.63) is 0 Å². The van der Waals surface area contributed by atoms with Crippen molar-refractivity contribution in [2.75, 3.05) is 0 Å². The molecule has 4 atom stereocenters. The van der Waals surface area contributed by atoms with Crippen LogP contribution in [-0.2, 0) is 14.4 Å². The molecule has 6 heteroatoms. The molecule has 0 aromatic heterocycles. The predicted molar refractivity (Wildman–Crippen MR) is 78.5 cm³/mol. The minimum Gasteiger partial charge on any atom is -0.481 e. The number of hydrogen-bond donors (Lipinski definition) is 3. The van der Waals surface area contributed by atoms with Crippen molar-refractivity contribution in [2.24, 2.45) is 17.3 Å². The third-order valence-corrected chi connectivity index (χ3v) is 4.88. The normalized spacial score (nSPS) is 29.3. The first-order chi connectivity index (χ1) is 9.57. The van der Waals surface area contributed by atoms with E-state index < -0.39 is 17.9 Å². The summed E-state index contributed by atoms with van der Waals surface area (Å²) < 4.78 is 0. The number of carbonyl (C=O) groups excluding carboxylic acids is 2. The molecule has 0 spiro atoms. The van der Waals surface area contributed by atoms with Gasteiger partial charge in [0.25, 0.3) is 0 Å². The van der Waals surface area contributed by atoms with Crippen LogP contribution in [0.1, 0.15) is 47.5 Å². The molecule has 1 saturated carbocycles. The van der Waals surface area contributed by atoms with E-state index in [0.29, 0.717) is 12.8 Å². The molecule has 0 aromatic carbocycles. The highest BCUT2D eigenvalue weighted by atomic mass is 16.4. The molecule has 0 aliphatic heterocycles. The smallest absolute Gasteiger partial charge is 0.307 e. The summed E-state index contributed by atoms with van der Waals surface area (Å²) in [6.45, 7) is 8.85. The second kappa shape index (κ2) is 6.45. The molecule has 6 nitrogen and oxygen atoms in total. The van der Waals surface area contributed by atoms with Crippen LogP contribution in [0.25, 0.3) is 0 Å². The fourth-order valence-electron chi connectivity index (χ4n) is 3.12. The Morgan fingerprint density at radius 2 is 1.81 bits per heavy atom. The van der Waals surface area contributed by atoms with E-state index in [-0.39, 0.29) is 29.2 Å². The monoisotopic (exact) mass is 298 g/mol. The summed E-state index contributed by atoms with van der Waals surface area (Å²) >= 11 is 0. The topological polar surface area (TPSA) is 95.5 Å². The molecule has 120 valence electrons. The van der Waals surface area contributed by atoms with Crippen molar-refractivity contribution < 1.29 is 19.5 Å². The van der Waals surface area contributed by atoms with Gasteiger partial charge in [0, 0.05) is 13.0 Å². The third kappa shape index (κ3) is 3.95. The molecule has 0 bridgehead atoms. The Labute approximate surface area is 125 Å². The highest BCUT2D eigenvalue weighted by Gasteiger charge is 2.46. The van der Waals surface area contributed by atoms with Crippen molar-refractivity contribution in [1.29, 1.82) is 0 Å². The molecule has 2 amide bonds. The molecule has 1 fully saturated rings. The maximum atomic E-state index is 12.1. The molecule has 0 heterocycles. The average Bonchev–Trinajstić information content (AvgIpc) is 2.33. The number of carbonyl (C=O) groups is 3. The number of aliphatic carboxylic acids is 1. The largest absolute Gasteiger partial charge is 0.481 e. The molecular formula is C15H26N2O4. The average molecular weight is 298 g/mol. The Balaban J connectivity index is 2.72. The van der Waals surface area contributed by atoms with Crippen LogP contribution in [0, 0.1) is 17.3 Å².